The summed E-state index contributed by atoms with van der Waals surface area (Å²) >= 11 is 5.67. The second kappa shape index (κ2) is 3.74. The van der Waals surface area contributed by atoms with E-state index >= 15 is 0 Å². The molecule has 60 valence electrons. The summed E-state index contributed by atoms with van der Waals surface area (Å²) in [5.74, 6) is 0.470. The minimum absolute atomic E-state index is 0.0718. The monoisotopic (exact) mass is 170 g/mol. The van der Waals surface area contributed by atoms with Crippen LogP contribution in [0.5, 0.6) is 0 Å². The molecule has 11 heavy (non-hydrogen) atoms. The van der Waals surface area contributed by atoms with Crippen LogP contribution in [0.25, 0.3) is 0 Å². The Kier molecular flexibility index (Phi) is 2.92. The molecule has 1 aromatic carbocycles. The molecule has 0 fully saturated rings. The number of hydrogen-bond acceptors (Lipinski definition) is 1. The van der Waals surface area contributed by atoms with Crippen LogP contribution in [0, 0.1) is 6.92 Å². The SMILES string of the molecule is Cc1ccc(CO)c(CCl)c1. The predicted octanol–water partition coefficient (Wildman–Crippen LogP) is 2.23. The maximum atomic E-state index is 8.88. The van der Waals surface area contributed by atoms with Crippen LogP contribution in [0.15, 0.2) is 18.2 Å². The van der Waals surface area contributed by atoms with Gasteiger partial charge in [0.1, 0.15) is 0 Å². The average molecular weight is 171 g/mol. The standard InChI is InChI=1S/C9H11ClO/c1-7-2-3-8(6-11)9(4-7)5-10/h2-4,11H,5-6H2,1H3. The summed E-state index contributed by atoms with van der Waals surface area (Å²) in [6.45, 7) is 2.08. The Morgan fingerprint density at radius 2 is 2.09 bits per heavy atom. The zero-order chi connectivity index (χ0) is 8.27. The number of benzene rings is 1. The van der Waals surface area contributed by atoms with Crippen molar-refractivity contribution in [3.63, 3.8) is 0 Å². The highest BCUT2D eigenvalue weighted by molar-refractivity contribution is 6.17. The first-order valence-electron chi connectivity index (χ1n) is 3.53. The molecule has 0 aromatic heterocycles. The Bertz CT molecular complexity index is 245. The van der Waals surface area contributed by atoms with Crippen molar-refractivity contribution < 1.29 is 5.11 Å². The molecular formula is C9H11ClO. The number of hydrogen-bond donors (Lipinski definition) is 1. The van der Waals surface area contributed by atoms with Gasteiger partial charge in [0.25, 0.3) is 0 Å². The number of aliphatic hydroxyl groups is 1. The van der Waals surface area contributed by atoms with E-state index in [1.165, 1.54) is 5.56 Å². The van der Waals surface area contributed by atoms with Gasteiger partial charge in [-0.2, -0.15) is 0 Å². The van der Waals surface area contributed by atoms with E-state index in [9.17, 15) is 0 Å². The maximum absolute atomic E-state index is 8.88. The van der Waals surface area contributed by atoms with Gasteiger partial charge in [0.15, 0.2) is 0 Å². The molecule has 0 aliphatic heterocycles. The van der Waals surface area contributed by atoms with Gasteiger partial charge in [-0.05, 0) is 18.1 Å². The van der Waals surface area contributed by atoms with Crippen molar-refractivity contribution in [1.29, 1.82) is 0 Å². The van der Waals surface area contributed by atoms with E-state index in [0.717, 1.165) is 11.1 Å². The topological polar surface area (TPSA) is 20.2 Å². The Morgan fingerprint density at radius 1 is 1.36 bits per heavy atom. The molecule has 1 aromatic rings. The quantitative estimate of drug-likeness (QED) is 0.675. The van der Waals surface area contributed by atoms with Gasteiger partial charge in [-0.15, -0.1) is 11.6 Å². The first kappa shape index (κ1) is 8.57. The third kappa shape index (κ3) is 1.95. The minimum atomic E-state index is 0.0718. The zero-order valence-corrected chi connectivity index (χ0v) is 7.23. The van der Waals surface area contributed by atoms with E-state index in [2.05, 4.69) is 0 Å². The smallest absolute Gasteiger partial charge is 0.0684 e. The normalized spacial score (nSPS) is 10.1. The third-order valence-electron chi connectivity index (χ3n) is 1.68. The summed E-state index contributed by atoms with van der Waals surface area (Å²) in [7, 11) is 0. The Balaban J connectivity index is 3.06. The van der Waals surface area contributed by atoms with Gasteiger partial charge in [0.05, 0.1) is 6.61 Å². The number of aliphatic hydroxyl groups excluding tert-OH is 1. The minimum Gasteiger partial charge on any atom is -0.392 e. The molecule has 0 amide bonds. The van der Waals surface area contributed by atoms with Crippen LogP contribution in [0.2, 0.25) is 0 Å². The van der Waals surface area contributed by atoms with E-state index in [1.54, 1.807) is 0 Å². The molecule has 0 aliphatic carbocycles. The van der Waals surface area contributed by atoms with Crippen LogP contribution >= 0.6 is 11.6 Å². The predicted molar refractivity (Wildman–Crippen MR) is 46.7 cm³/mol. The highest BCUT2D eigenvalue weighted by Gasteiger charge is 1.98. The van der Waals surface area contributed by atoms with Gasteiger partial charge >= 0.3 is 0 Å². The fourth-order valence-electron chi connectivity index (χ4n) is 1.03. The first-order valence-corrected chi connectivity index (χ1v) is 4.06. The lowest BCUT2D eigenvalue weighted by Crippen LogP contribution is -1.91. The lowest BCUT2D eigenvalue weighted by atomic mass is 10.1. The summed E-state index contributed by atoms with van der Waals surface area (Å²) in [6, 6.07) is 5.88. The molecule has 0 heterocycles. The van der Waals surface area contributed by atoms with Gasteiger partial charge in [0.2, 0.25) is 0 Å². The van der Waals surface area contributed by atoms with Gasteiger partial charge in [-0.25, -0.2) is 0 Å². The van der Waals surface area contributed by atoms with Crippen molar-refractivity contribution >= 4 is 11.6 Å². The lowest BCUT2D eigenvalue weighted by molar-refractivity contribution is 0.281. The zero-order valence-electron chi connectivity index (χ0n) is 6.47. The van der Waals surface area contributed by atoms with E-state index in [4.69, 9.17) is 16.7 Å². The van der Waals surface area contributed by atoms with Crippen LogP contribution in [0.3, 0.4) is 0 Å². The molecule has 1 nitrogen and oxygen atoms in total. The summed E-state index contributed by atoms with van der Waals surface area (Å²) in [5, 5.41) is 8.88. The lowest BCUT2D eigenvalue weighted by Gasteiger charge is -2.03. The van der Waals surface area contributed by atoms with Crippen molar-refractivity contribution in [3.8, 4) is 0 Å². The molecule has 1 rings (SSSR count). The third-order valence-corrected chi connectivity index (χ3v) is 1.96. The van der Waals surface area contributed by atoms with E-state index < -0.39 is 0 Å². The van der Waals surface area contributed by atoms with Crippen LogP contribution in [-0.2, 0) is 12.5 Å². The Labute approximate surface area is 71.6 Å². The molecule has 0 saturated heterocycles. The van der Waals surface area contributed by atoms with Crippen molar-refractivity contribution in [2.24, 2.45) is 0 Å². The van der Waals surface area contributed by atoms with Gasteiger partial charge in [0, 0.05) is 5.88 Å². The summed E-state index contributed by atoms with van der Waals surface area (Å²) in [4.78, 5) is 0. The van der Waals surface area contributed by atoms with Crippen molar-refractivity contribution in [2.45, 2.75) is 19.4 Å². The molecule has 0 saturated carbocycles. The average Bonchev–Trinajstić information content (AvgIpc) is 2.04. The summed E-state index contributed by atoms with van der Waals surface area (Å²) < 4.78 is 0. The molecule has 0 aliphatic rings. The van der Waals surface area contributed by atoms with Crippen LogP contribution in [-0.4, -0.2) is 5.11 Å². The second-order valence-electron chi connectivity index (χ2n) is 2.56. The molecular weight excluding hydrogens is 160 g/mol. The maximum Gasteiger partial charge on any atom is 0.0684 e. The van der Waals surface area contributed by atoms with Crippen LogP contribution in [0.4, 0.5) is 0 Å². The molecule has 0 radical (unpaired) electrons. The van der Waals surface area contributed by atoms with Crippen molar-refractivity contribution in [1.82, 2.24) is 0 Å². The Hall–Kier alpha value is -0.530. The largest absolute Gasteiger partial charge is 0.392 e. The Morgan fingerprint density at radius 3 is 2.64 bits per heavy atom. The summed E-state index contributed by atoms with van der Waals surface area (Å²) in [6.07, 6.45) is 0. The molecule has 0 bridgehead atoms. The molecule has 0 spiro atoms. The number of aryl methyl sites for hydroxylation is 1. The van der Waals surface area contributed by atoms with Crippen molar-refractivity contribution in [2.75, 3.05) is 0 Å². The van der Waals surface area contributed by atoms with E-state index in [0.29, 0.717) is 5.88 Å². The van der Waals surface area contributed by atoms with Gasteiger partial charge < -0.3 is 5.11 Å². The highest BCUT2D eigenvalue weighted by Crippen LogP contribution is 2.13. The van der Waals surface area contributed by atoms with Gasteiger partial charge in [-0.1, -0.05) is 23.8 Å². The van der Waals surface area contributed by atoms with Crippen LogP contribution < -0.4 is 0 Å². The first-order chi connectivity index (χ1) is 5.27. The fourth-order valence-corrected chi connectivity index (χ4v) is 1.28. The van der Waals surface area contributed by atoms with Crippen LogP contribution in [0.1, 0.15) is 16.7 Å². The second-order valence-corrected chi connectivity index (χ2v) is 2.83. The van der Waals surface area contributed by atoms with Crippen molar-refractivity contribution in [3.05, 3.63) is 34.9 Å². The fraction of sp³-hybridized carbons (Fsp3) is 0.333. The van der Waals surface area contributed by atoms with Gasteiger partial charge in [-0.3, -0.25) is 0 Å². The number of alkyl halides is 1. The molecule has 1 N–H and O–H groups in total. The molecule has 0 atom stereocenters. The summed E-state index contributed by atoms with van der Waals surface area (Å²) in [5.41, 5.74) is 3.12. The molecule has 0 unspecified atom stereocenters. The number of halogens is 1. The van der Waals surface area contributed by atoms with E-state index in [1.807, 2.05) is 25.1 Å². The molecule has 2 heteroatoms. The number of rotatable bonds is 2. The van der Waals surface area contributed by atoms with E-state index in [-0.39, 0.29) is 6.61 Å². The highest BCUT2D eigenvalue weighted by atomic mass is 35.5.